The zero-order valence-corrected chi connectivity index (χ0v) is 20.8. The van der Waals surface area contributed by atoms with E-state index in [0.29, 0.717) is 37.3 Å². The molecule has 0 aromatic heterocycles. The molecule has 0 spiro atoms. The maximum absolute atomic E-state index is 13.5. The number of ketones is 1. The number of nitrogens with two attached hydrogens (primary N) is 1. The van der Waals surface area contributed by atoms with Crippen LogP contribution < -0.4 is 5.73 Å². The molecule has 0 amide bonds. The van der Waals surface area contributed by atoms with Crippen LogP contribution in [0.2, 0.25) is 0 Å². The topological polar surface area (TPSA) is 91.0 Å². The van der Waals surface area contributed by atoms with E-state index in [1.807, 2.05) is 42.5 Å². The van der Waals surface area contributed by atoms with Crippen molar-refractivity contribution in [1.82, 2.24) is 0 Å². The number of Topliss-reactive ketones (excluding diaryl/α,β-unsaturated/α-hetero) is 1. The molecule has 1 saturated carbocycles. The minimum atomic E-state index is -0.483. The normalized spacial score (nSPS) is 21.4. The van der Waals surface area contributed by atoms with Crippen molar-refractivity contribution in [2.24, 2.45) is 22.1 Å². The molecule has 2 aromatic rings. The highest BCUT2D eigenvalue weighted by atomic mass is 16.5. The molecule has 0 radical (unpaired) electrons. The van der Waals surface area contributed by atoms with Gasteiger partial charge in [-0.1, -0.05) is 68.4 Å². The molecule has 6 heteroatoms. The second-order valence-electron chi connectivity index (χ2n) is 9.95. The molecular formula is C29H34N2O4. The van der Waals surface area contributed by atoms with Gasteiger partial charge in [0.2, 0.25) is 0 Å². The van der Waals surface area contributed by atoms with Crippen molar-refractivity contribution in [3.63, 3.8) is 0 Å². The van der Waals surface area contributed by atoms with Crippen LogP contribution in [-0.2, 0) is 19.1 Å². The van der Waals surface area contributed by atoms with Crippen molar-refractivity contribution >= 4 is 17.5 Å². The Morgan fingerprint density at radius 2 is 1.71 bits per heavy atom. The molecule has 4 rings (SSSR count). The van der Waals surface area contributed by atoms with E-state index in [0.717, 1.165) is 22.4 Å². The van der Waals surface area contributed by atoms with E-state index in [-0.39, 0.29) is 24.4 Å². The van der Waals surface area contributed by atoms with Crippen molar-refractivity contribution in [2.75, 3.05) is 26.4 Å². The maximum atomic E-state index is 13.5. The van der Waals surface area contributed by atoms with Crippen LogP contribution >= 0.6 is 0 Å². The summed E-state index contributed by atoms with van der Waals surface area (Å²) in [6, 6.07) is 18.2. The summed E-state index contributed by atoms with van der Waals surface area (Å²) in [4.78, 5) is 31.6. The van der Waals surface area contributed by atoms with Gasteiger partial charge in [0, 0.05) is 24.6 Å². The van der Waals surface area contributed by atoms with Gasteiger partial charge in [0.05, 0.1) is 37.0 Å². The van der Waals surface area contributed by atoms with Crippen LogP contribution in [0.25, 0.3) is 11.1 Å². The monoisotopic (exact) mass is 474 g/mol. The summed E-state index contributed by atoms with van der Waals surface area (Å²) in [5.74, 6) is -1.29. The molecule has 0 bridgehead atoms. The Kier molecular flexibility index (Phi) is 7.63. The second-order valence-corrected chi connectivity index (χ2v) is 9.95. The Bertz CT molecular complexity index is 1130. The Balaban J connectivity index is 1.82. The fourth-order valence-corrected chi connectivity index (χ4v) is 5.19. The summed E-state index contributed by atoms with van der Waals surface area (Å²) in [7, 11) is 0. The Labute approximate surface area is 207 Å². The van der Waals surface area contributed by atoms with Gasteiger partial charge in [0.1, 0.15) is 5.78 Å². The number of carbonyl (C=O) groups is 2. The molecule has 184 valence electrons. The first kappa shape index (κ1) is 25.0. The summed E-state index contributed by atoms with van der Waals surface area (Å²) in [5, 5.41) is 0. The van der Waals surface area contributed by atoms with E-state index >= 15 is 0 Å². The lowest BCUT2D eigenvalue weighted by Crippen LogP contribution is -2.44. The van der Waals surface area contributed by atoms with Crippen LogP contribution in [0.3, 0.4) is 0 Å². The number of rotatable bonds is 8. The van der Waals surface area contributed by atoms with Crippen molar-refractivity contribution in [3.05, 3.63) is 71.4 Å². The van der Waals surface area contributed by atoms with Crippen LogP contribution in [-0.4, -0.2) is 43.8 Å². The summed E-state index contributed by atoms with van der Waals surface area (Å²) >= 11 is 0. The van der Waals surface area contributed by atoms with E-state index in [1.165, 1.54) is 0 Å². The predicted octanol–water partition coefficient (Wildman–Crippen LogP) is 4.69. The average molecular weight is 475 g/mol. The number of hydrogen-bond acceptors (Lipinski definition) is 6. The van der Waals surface area contributed by atoms with Gasteiger partial charge in [0.25, 0.3) is 0 Å². The molecule has 1 fully saturated rings. The van der Waals surface area contributed by atoms with E-state index in [2.05, 4.69) is 26.0 Å². The smallest absolute Gasteiger partial charge is 0.336 e. The lowest BCUT2D eigenvalue weighted by Gasteiger charge is -2.41. The van der Waals surface area contributed by atoms with Crippen LogP contribution in [0, 0.1) is 11.3 Å². The molecule has 2 aliphatic rings. The lowest BCUT2D eigenvalue weighted by atomic mass is 9.63. The molecule has 2 unspecified atom stereocenters. The van der Waals surface area contributed by atoms with Gasteiger partial charge in [-0.05, 0) is 35.4 Å². The van der Waals surface area contributed by atoms with Gasteiger partial charge in [-0.2, -0.15) is 0 Å². The fourth-order valence-electron chi connectivity index (χ4n) is 5.19. The number of carbonyl (C=O) groups excluding carboxylic acids is 2. The maximum Gasteiger partial charge on any atom is 0.336 e. The summed E-state index contributed by atoms with van der Waals surface area (Å²) in [5.41, 5.74) is 10.3. The largest absolute Gasteiger partial charge is 0.463 e. The molecule has 1 aliphatic carbocycles. The molecule has 1 aliphatic heterocycles. The number of ether oxygens (including phenoxy) is 2. The molecule has 2 N–H and O–H groups in total. The quantitative estimate of drug-likeness (QED) is 0.443. The van der Waals surface area contributed by atoms with Gasteiger partial charge in [-0.15, -0.1) is 0 Å². The highest BCUT2D eigenvalue weighted by Crippen LogP contribution is 2.47. The third-order valence-electron chi connectivity index (χ3n) is 6.63. The molecular weight excluding hydrogens is 440 g/mol. The Morgan fingerprint density at radius 1 is 1.03 bits per heavy atom. The fraction of sp³-hybridized carbons (Fsp3) is 0.414. The number of benzene rings is 2. The first-order valence-corrected chi connectivity index (χ1v) is 12.3. The highest BCUT2D eigenvalue weighted by molar-refractivity contribution is 6.12. The van der Waals surface area contributed by atoms with Crippen LogP contribution in [0.15, 0.2) is 70.9 Å². The zero-order chi connectivity index (χ0) is 25.0. The van der Waals surface area contributed by atoms with Crippen molar-refractivity contribution in [3.8, 4) is 11.1 Å². The average Bonchev–Trinajstić information content (AvgIpc) is 2.83. The van der Waals surface area contributed by atoms with Crippen molar-refractivity contribution < 1.29 is 19.1 Å². The van der Waals surface area contributed by atoms with Gasteiger partial charge < -0.3 is 15.2 Å². The van der Waals surface area contributed by atoms with Gasteiger partial charge in [-0.3, -0.25) is 9.79 Å². The standard InChI is InChI=1S/C29H34N2O4/c1-4-35-28(33)27-23(18-34-15-14-30)31-22-16-29(2,3)17-24(32)26(22)25(27)21-12-10-20(11-13-21)19-8-6-5-7-9-19/h5-13,25-26H,4,14-18,30H2,1-3H3. The van der Waals surface area contributed by atoms with Gasteiger partial charge >= 0.3 is 5.97 Å². The molecule has 0 saturated heterocycles. The predicted molar refractivity (Wildman–Crippen MR) is 137 cm³/mol. The van der Waals surface area contributed by atoms with E-state index in [4.69, 9.17) is 20.2 Å². The van der Waals surface area contributed by atoms with Crippen LogP contribution in [0.5, 0.6) is 0 Å². The molecule has 2 aromatic carbocycles. The lowest BCUT2D eigenvalue weighted by molar-refractivity contribution is -0.139. The molecule has 1 heterocycles. The van der Waals surface area contributed by atoms with Crippen molar-refractivity contribution in [1.29, 1.82) is 0 Å². The van der Waals surface area contributed by atoms with Crippen LogP contribution in [0.1, 0.15) is 45.1 Å². The van der Waals surface area contributed by atoms with Gasteiger partial charge in [-0.25, -0.2) is 4.79 Å². The van der Waals surface area contributed by atoms with E-state index in [9.17, 15) is 9.59 Å². The van der Waals surface area contributed by atoms with Crippen molar-refractivity contribution in [2.45, 2.75) is 39.5 Å². The number of nitrogens with zero attached hydrogens (tertiary/aromatic N) is 1. The Morgan fingerprint density at radius 3 is 2.37 bits per heavy atom. The summed E-state index contributed by atoms with van der Waals surface area (Å²) < 4.78 is 11.2. The van der Waals surface area contributed by atoms with Gasteiger partial charge in [0.15, 0.2) is 0 Å². The Hall–Kier alpha value is -3.09. The van der Waals surface area contributed by atoms with E-state index in [1.54, 1.807) is 6.92 Å². The SMILES string of the molecule is CCOC(=O)C1=C(COCCN)N=C2CC(C)(C)CC(=O)C2C1c1ccc(-c2ccccc2)cc1. The number of hydrogen-bond donors (Lipinski definition) is 1. The minimum Gasteiger partial charge on any atom is -0.463 e. The van der Waals surface area contributed by atoms with Crippen LogP contribution in [0.4, 0.5) is 0 Å². The second kappa shape index (κ2) is 10.7. The first-order valence-electron chi connectivity index (χ1n) is 12.3. The third-order valence-corrected chi connectivity index (χ3v) is 6.63. The molecule has 6 nitrogen and oxygen atoms in total. The molecule has 2 atom stereocenters. The first-order chi connectivity index (χ1) is 16.8. The van der Waals surface area contributed by atoms with E-state index < -0.39 is 17.8 Å². The zero-order valence-electron chi connectivity index (χ0n) is 20.8. The summed E-state index contributed by atoms with van der Waals surface area (Å²) in [6.45, 7) is 7.06. The summed E-state index contributed by atoms with van der Waals surface area (Å²) in [6.07, 6.45) is 1.14. The third kappa shape index (κ3) is 5.44. The number of esters is 1. The number of aliphatic imine (C=N–C) groups is 1. The molecule has 35 heavy (non-hydrogen) atoms. The number of fused-ring (bicyclic) bond motifs is 1. The highest BCUT2D eigenvalue weighted by Gasteiger charge is 2.48. The minimum absolute atomic E-state index is 0.112.